The molecule has 0 radical (unpaired) electrons. The topological polar surface area (TPSA) is 103 Å². The molecule has 6 rings (SSSR count). The lowest BCUT2D eigenvalue weighted by Crippen LogP contribution is -2.21. The van der Waals surface area contributed by atoms with Crippen LogP contribution < -0.4 is 5.73 Å². The second-order valence-corrected chi connectivity index (χ2v) is 11.7. The summed E-state index contributed by atoms with van der Waals surface area (Å²) in [6, 6.07) is 14.0. The zero-order chi connectivity index (χ0) is 23.4. The molecule has 0 amide bonds. The van der Waals surface area contributed by atoms with Crippen molar-refractivity contribution in [3.63, 3.8) is 0 Å². The fourth-order valence-electron chi connectivity index (χ4n) is 5.94. The van der Waals surface area contributed by atoms with Crippen molar-refractivity contribution in [2.24, 2.45) is 11.8 Å². The molecule has 1 aromatic carbocycles. The standard InChI is InChI=1S/C26H27N5O2S/c1-34(32,33)24-23(20-12-16-7-8-17(11-16)13-20)30-26-21(15-29-31(26)25(24)27)19-9-10-22(28-14-19)18-5-3-2-4-6-18/h2-6,9-10,14-17,20H,7-8,11-13,27H2,1H3. The minimum absolute atomic E-state index is 0.101. The lowest BCUT2D eigenvalue weighted by atomic mass is 9.79. The van der Waals surface area contributed by atoms with E-state index in [2.05, 4.69) is 10.1 Å². The Hall–Kier alpha value is -3.26. The predicted octanol–water partition coefficient (Wildman–Crippen LogP) is 4.74. The van der Waals surface area contributed by atoms with Crippen LogP contribution in [0.3, 0.4) is 0 Å². The molecule has 2 saturated carbocycles. The zero-order valence-corrected chi connectivity index (χ0v) is 19.9. The van der Waals surface area contributed by atoms with E-state index < -0.39 is 9.84 Å². The smallest absolute Gasteiger partial charge is 0.180 e. The molecule has 34 heavy (non-hydrogen) atoms. The molecule has 2 fully saturated rings. The summed E-state index contributed by atoms with van der Waals surface area (Å²) >= 11 is 0. The summed E-state index contributed by atoms with van der Waals surface area (Å²) in [6.07, 6.45) is 10.4. The van der Waals surface area contributed by atoms with Crippen LogP contribution in [-0.2, 0) is 9.84 Å². The van der Waals surface area contributed by atoms with Gasteiger partial charge in [0.15, 0.2) is 15.5 Å². The molecule has 2 bridgehead atoms. The fourth-order valence-corrected chi connectivity index (χ4v) is 7.00. The summed E-state index contributed by atoms with van der Waals surface area (Å²) in [5.74, 6) is 1.54. The normalized spacial score (nSPS) is 22.3. The molecule has 0 saturated heterocycles. The lowest BCUT2D eigenvalue weighted by Gasteiger charge is -2.28. The molecule has 2 aliphatic rings. The molecular weight excluding hydrogens is 446 g/mol. The summed E-state index contributed by atoms with van der Waals surface area (Å²) in [5.41, 5.74) is 11.2. The van der Waals surface area contributed by atoms with Crippen LogP contribution in [-0.4, -0.2) is 34.3 Å². The molecular formula is C26H27N5O2S. The highest BCUT2D eigenvalue weighted by Gasteiger charge is 2.38. The van der Waals surface area contributed by atoms with Crippen LogP contribution in [0, 0.1) is 11.8 Å². The molecule has 0 spiro atoms. The SMILES string of the molecule is CS(=O)(=O)c1c(C2CC3CCC(C3)C2)nc2c(-c3ccc(-c4ccccc4)nc3)cnn2c1N. The van der Waals surface area contributed by atoms with Gasteiger partial charge in [0.25, 0.3) is 0 Å². The van der Waals surface area contributed by atoms with Crippen molar-refractivity contribution >= 4 is 21.3 Å². The van der Waals surface area contributed by atoms with E-state index >= 15 is 0 Å². The summed E-state index contributed by atoms with van der Waals surface area (Å²) in [5, 5.41) is 4.41. The monoisotopic (exact) mass is 473 g/mol. The largest absolute Gasteiger partial charge is 0.382 e. The summed E-state index contributed by atoms with van der Waals surface area (Å²) in [6.45, 7) is 0. The number of benzene rings is 1. The number of rotatable bonds is 4. The highest BCUT2D eigenvalue weighted by molar-refractivity contribution is 7.91. The van der Waals surface area contributed by atoms with E-state index in [1.807, 2.05) is 48.7 Å². The predicted molar refractivity (Wildman–Crippen MR) is 132 cm³/mol. The summed E-state index contributed by atoms with van der Waals surface area (Å²) in [4.78, 5) is 9.73. The first kappa shape index (κ1) is 21.3. The van der Waals surface area contributed by atoms with Crippen LogP contribution in [0.1, 0.15) is 43.7 Å². The minimum Gasteiger partial charge on any atom is -0.382 e. The van der Waals surface area contributed by atoms with Crippen LogP contribution in [0.2, 0.25) is 0 Å². The molecule has 3 heterocycles. The number of hydrogen-bond acceptors (Lipinski definition) is 6. The van der Waals surface area contributed by atoms with Crippen molar-refractivity contribution < 1.29 is 8.42 Å². The Bertz CT molecular complexity index is 1470. The van der Waals surface area contributed by atoms with Crippen molar-refractivity contribution in [3.8, 4) is 22.4 Å². The molecule has 2 N–H and O–H groups in total. The molecule has 174 valence electrons. The van der Waals surface area contributed by atoms with Crippen molar-refractivity contribution in [2.45, 2.75) is 42.9 Å². The molecule has 8 heteroatoms. The van der Waals surface area contributed by atoms with Crippen LogP contribution in [0.25, 0.3) is 28.0 Å². The van der Waals surface area contributed by atoms with Crippen molar-refractivity contribution in [1.29, 1.82) is 0 Å². The van der Waals surface area contributed by atoms with E-state index in [4.69, 9.17) is 10.7 Å². The molecule has 7 nitrogen and oxygen atoms in total. The summed E-state index contributed by atoms with van der Waals surface area (Å²) in [7, 11) is -3.57. The van der Waals surface area contributed by atoms with Crippen LogP contribution in [0.4, 0.5) is 5.82 Å². The number of nitrogen functional groups attached to an aromatic ring is 1. The first-order valence-electron chi connectivity index (χ1n) is 11.8. The van der Waals surface area contributed by atoms with Gasteiger partial charge in [-0.3, -0.25) is 4.98 Å². The van der Waals surface area contributed by atoms with E-state index in [1.54, 1.807) is 6.20 Å². The Balaban J connectivity index is 1.48. The van der Waals surface area contributed by atoms with Crippen LogP contribution in [0.5, 0.6) is 0 Å². The van der Waals surface area contributed by atoms with E-state index in [-0.39, 0.29) is 16.6 Å². The third-order valence-corrected chi connectivity index (χ3v) is 8.61. The molecule has 2 atom stereocenters. The highest BCUT2D eigenvalue weighted by atomic mass is 32.2. The van der Waals surface area contributed by atoms with Gasteiger partial charge in [-0.1, -0.05) is 49.2 Å². The first-order valence-corrected chi connectivity index (χ1v) is 13.7. The van der Waals surface area contributed by atoms with Gasteiger partial charge < -0.3 is 5.73 Å². The third kappa shape index (κ3) is 3.57. The van der Waals surface area contributed by atoms with E-state index in [9.17, 15) is 8.42 Å². The Labute approximate surface area is 199 Å². The van der Waals surface area contributed by atoms with Gasteiger partial charge in [0.05, 0.1) is 17.6 Å². The van der Waals surface area contributed by atoms with Crippen molar-refractivity contribution in [3.05, 3.63) is 60.6 Å². The molecule has 0 aliphatic heterocycles. The Morgan fingerprint density at radius 1 is 0.941 bits per heavy atom. The number of nitrogens with zero attached hydrogens (tertiary/aromatic N) is 4. The van der Waals surface area contributed by atoms with E-state index in [1.165, 1.54) is 30.0 Å². The number of sulfone groups is 1. The van der Waals surface area contributed by atoms with E-state index in [0.717, 1.165) is 35.2 Å². The molecule has 3 aromatic heterocycles. The minimum atomic E-state index is -3.57. The van der Waals surface area contributed by atoms with Crippen molar-refractivity contribution in [1.82, 2.24) is 19.6 Å². The van der Waals surface area contributed by atoms with Crippen LogP contribution >= 0.6 is 0 Å². The molecule has 2 aliphatic carbocycles. The second-order valence-electron chi connectivity index (χ2n) is 9.79. The van der Waals surface area contributed by atoms with Gasteiger partial charge in [0, 0.05) is 35.1 Å². The number of fused-ring (bicyclic) bond motifs is 3. The average Bonchev–Trinajstić information content (AvgIpc) is 3.41. The van der Waals surface area contributed by atoms with Gasteiger partial charge in [0.1, 0.15) is 10.7 Å². The maximum Gasteiger partial charge on any atom is 0.180 e. The van der Waals surface area contributed by atoms with E-state index in [0.29, 0.717) is 23.2 Å². The maximum atomic E-state index is 12.8. The third-order valence-electron chi connectivity index (χ3n) is 7.45. The number of hydrogen-bond donors (Lipinski definition) is 1. The Morgan fingerprint density at radius 3 is 2.32 bits per heavy atom. The van der Waals surface area contributed by atoms with Gasteiger partial charge in [-0.25, -0.2) is 13.4 Å². The quantitative estimate of drug-likeness (QED) is 0.459. The Kier molecular flexibility index (Phi) is 4.95. The first-order chi connectivity index (χ1) is 16.4. The summed E-state index contributed by atoms with van der Waals surface area (Å²) < 4.78 is 27.1. The molecule has 2 unspecified atom stereocenters. The lowest BCUT2D eigenvalue weighted by molar-refractivity contribution is 0.313. The number of aromatic nitrogens is 4. The van der Waals surface area contributed by atoms with Gasteiger partial charge >= 0.3 is 0 Å². The Morgan fingerprint density at radius 2 is 1.68 bits per heavy atom. The molecule has 4 aromatic rings. The van der Waals surface area contributed by atoms with Crippen LogP contribution in [0.15, 0.2) is 59.8 Å². The van der Waals surface area contributed by atoms with Gasteiger partial charge in [-0.2, -0.15) is 9.61 Å². The highest BCUT2D eigenvalue weighted by Crippen LogP contribution is 2.49. The van der Waals surface area contributed by atoms with Gasteiger partial charge in [-0.15, -0.1) is 0 Å². The zero-order valence-electron chi connectivity index (χ0n) is 19.1. The number of pyridine rings is 1. The number of anilines is 1. The maximum absolute atomic E-state index is 12.8. The van der Waals surface area contributed by atoms with Gasteiger partial charge in [-0.05, 0) is 37.2 Å². The fraction of sp³-hybridized carbons (Fsp3) is 0.346. The average molecular weight is 474 g/mol. The number of nitrogens with two attached hydrogens (primary N) is 1. The van der Waals surface area contributed by atoms with Crippen molar-refractivity contribution in [2.75, 3.05) is 12.0 Å². The van der Waals surface area contributed by atoms with Gasteiger partial charge in [0.2, 0.25) is 0 Å². The second kappa shape index (κ2) is 7.91.